The smallest absolute Gasteiger partial charge is 0.0785 e. The van der Waals surface area contributed by atoms with E-state index in [1.54, 1.807) is 0 Å². The average molecular weight is 1460 g/mol. The molecule has 0 heterocycles. The van der Waals surface area contributed by atoms with Crippen molar-refractivity contribution in [3.8, 4) is 0 Å². The monoisotopic (exact) mass is 1460 g/mol. The van der Waals surface area contributed by atoms with Crippen molar-refractivity contribution in [1.29, 1.82) is 0 Å². The number of hydrogen-bond acceptors (Lipinski definition) is 0. The fourth-order valence-corrected chi connectivity index (χ4v) is 7.54. The van der Waals surface area contributed by atoms with Gasteiger partial charge in [-0.15, -0.1) is 0 Å². The van der Waals surface area contributed by atoms with Crippen molar-refractivity contribution in [1.82, 2.24) is 0 Å². The SMILES string of the molecule is CC.CC.CC.CC.CC.CC.CC.CC.CC(C)c1ccccc1.CC(C)c1ccccc1.CC(C)c1ccccc1.CC(C)c1ccccc1.CC(C)c1ccccc1.CC(C)c1ccccc1.CC(C)c1ccccc1.CC(C)c1ccccc1.CC(C)c1ccccc1.CF.CF.CF.CF. The highest BCUT2D eigenvalue weighted by atomic mass is 19.1. The van der Waals surface area contributed by atoms with Gasteiger partial charge in [0.1, 0.15) is 0 Å². The second-order valence-electron chi connectivity index (χ2n) is 23.1. The molecule has 0 fully saturated rings. The zero-order chi connectivity index (χ0) is 84.2. The summed E-state index contributed by atoms with van der Waals surface area (Å²) in [4.78, 5) is 0. The molecule has 0 nitrogen and oxygen atoms in total. The first-order valence-electron chi connectivity index (χ1n) is 39.7. The molecule has 0 saturated carbocycles. The Morgan fingerprint density at radius 2 is 0.162 bits per heavy atom. The van der Waals surface area contributed by atoms with Gasteiger partial charge in [0.15, 0.2) is 0 Å². The maximum Gasteiger partial charge on any atom is 0.0785 e. The van der Waals surface area contributed by atoms with E-state index in [0.29, 0.717) is 82.0 Å². The molecule has 0 aliphatic heterocycles. The Morgan fingerprint density at radius 3 is 0.190 bits per heavy atom. The van der Waals surface area contributed by atoms with Gasteiger partial charge in [0.2, 0.25) is 0 Å². The number of rotatable bonds is 9. The van der Waals surface area contributed by atoms with Gasteiger partial charge in [-0.3, -0.25) is 17.6 Å². The van der Waals surface area contributed by atoms with E-state index in [-0.39, 0.29) is 0 Å². The maximum absolute atomic E-state index is 9.50. The van der Waals surface area contributed by atoms with Gasteiger partial charge < -0.3 is 0 Å². The fourth-order valence-electron chi connectivity index (χ4n) is 7.54. The molecule has 0 radical (unpaired) electrons. The number of hydrogen-bond donors (Lipinski definition) is 0. The Kier molecular flexibility index (Phi) is 125. The summed E-state index contributed by atoms with van der Waals surface area (Å²) >= 11 is 0. The van der Waals surface area contributed by atoms with Crippen LogP contribution >= 0.6 is 0 Å². The van der Waals surface area contributed by atoms with Gasteiger partial charge in [0.05, 0.1) is 28.7 Å². The molecule has 600 valence electrons. The Labute approximate surface area is 654 Å². The van der Waals surface area contributed by atoms with Crippen LogP contribution in [0, 0.1) is 0 Å². The molecule has 9 aromatic rings. The van der Waals surface area contributed by atoms with Gasteiger partial charge in [0.25, 0.3) is 0 Å². The van der Waals surface area contributed by atoms with E-state index < -0.39 is 0 Å². The van der Waals surface area contributed by atoms with E-state index in [1.807, 2.05) is 165 Å². The molecular formula is C101H168F4. The number of halogens is 4. The topological polar surface area (TPSA) is 0 Å². The van der Waals surface area contributed by atoms with E-state index in [4.69, 9.17) is 0 Å². The third-order valence-electron chi connectivity index (χ3n) is 13.2. The van der Waals surface area contributed by atoms with Crippen LogP contribution < -0.4 is 0 Å². The normalized spacial score (nSPS) is 8.49. The van der Waals surface area contributed by atoms with Crippen molar-refractivity contribution in [2.24, 2.45) is 0 Å². The van der Waals surface area contributed by atoms with E-state index >= 15 is 0 Å². The van der Waals surface area contributed by atoms with Crippen LogP contribution in [-0.4, -0.2) is 28.7 Å². The standard InChI is InChI=1S/9C9H12.8C2H6.4CH3F/c9*1-8(2)9-6-4-3-5-7-9;12*1-2/h9*3-8H,1-2H3;8*1-2H3;4*1H3. The molecule has 4 heteroatoms. The average Bonchev–Trinajstić information content (AvgIpc) is 1.93. The van der Waals surface area contributed by atoms with E-state index in [1.165, 1.54) is 50.1 Å². The Balaban J connectivity index is -0.0000000893. The lowest BCUT2D eigenvalue weighted by Gasteiger charge is -2.01. The van der Waals surface area contributed by atoms with Gasteiger partial charge in [-0.2, -0.15) is 0 Å². The predicted octanol–water partition coefficient (Wildman–Crippen LogP) is 35.8. The summed E-state index contributed by atoms with van der Waals surface area (Å²) in [5.74, 6) is 5.93. The molecule has 0 aromatic heterocycles. The van der Waals surface area contributed by atoms with Crippen LogP contribution in [0.25, 0.3) is 0 Å². The van der Waals surface area contributed by atoms with Crippen molar-refractivity contribution in [2.75, 3.05) is 28.7 Å². The first kappa shape index (κ1) is 124. The molecule has 0 atom stereocenters. The van der Waals surface area contributed by atoms with Crippen LogP contribution in [0.5, 0.6) is 0 Å². The summed E-state index contributed by atoms with van der Waals surface area (Å²) in [7, 11) is 2.00. The van der Waals surface area contributed by atoms with E-state index in [0.717, 1.165) is 0 Å². The summed E-state index contributed by atoms with van der Waals surface area (Å²) in [6.45, 7) is 71.7. The third-order valence-corrected chi connectivity index (χ3v) is 13.2. The molecule has 0 aliphatic carbocycles. The predicted molar refractivity (Wildman–Crippen MR) is 484 cm³/mol. The van der Waals surface area contributed by atoms with Gasteiger partial charge in [-0.25, -0.2) is 0 Å². The highest BCUT2D eigenvalue weighted by molar-refractivity contribution is 5.23. The Morgan fingerprint density at radius 1 is 0.114 bits per heavy atom. The van der Waals surface area contributed by atoms with Gasteiger partial charge >= 0.3 is 0 Å². The van der Waals surface area contributed by atoms with Crippen LogP contribution in [0.15, 0.2) is 273 Å². The molecule has 0 aliphatic rings. The molecule has 0 spiro atoms. The van der Waals surface area contributed by atoms with Crippen LogP contribution in [0.1, 0.15) is 339 Å². The van der Waals surface area contributed by atoms with Crippen molar-refractivity contribution >= 4 is 0 Å². The summed E-state index contributed by atoms with van der Waals surface area (Å²) in [5.41, 5.74) is 12.7. The minimum Gasteiger partial charge on any atom is -0.255 e. The molecule has 0 unspecified atom stereocenters. The van der Waals surface area contributed by atoms with Gasteiger partial charge in [0, 0.05) is 0 Å². The third kappa shape index (κ3) is 85.5. The van der Waals surface area contributed by atoms with Crippen LogP contribution in [0.4, 0.5) is 17.6 Å². The second-order valence-corrected chi connectivity index (χ2v) is 23.1. The number of benzene rings is 9. The molecule has 0 amide bonds. The second kappa shape index (κ2) is 105. The lowest BCUT2D eigenvalue weighted by molar-refractivity contribution is 0.635. The lowest BCUT2D eigenvalue weighted by atomic mass is 10.0. The molecule has 0 N–H and O–H groups in total. The lowest BCUT2D eigenvalue weighted by Crippen LogP contribution is -1.83. The van der Waals surface area contributed by atoms with Crippen molar-refractivity contribution in [3.05, 3.63) is 323 Å². The van der Waals surface area contributed by atoms with Crippen molar-refractivity contribution < 1.29 is 17.6 Å². The molecule has 0 saturated heterocycles. The van der Waals surface area contributed by atoms with Crippen molar-refractivity contribution in [2.45, 2.75) is 289 Å². The Bertz CT molecular complexity index is 2110. The summed E-state index contributed by atoms with van der Waals surface area (Å²) in [5, 5.41) is 0. The maximum atomic E-state index is 9.50. The first-order valence-corrected chi connectivity index (χ1v) is 39.7. The largest absolute Gasteiger partial charge is 0.255 e. The summed E-state index contributed by atoms with van der Waals surface area (Å²) < 4.78 is 38.0. The first-order chi connectivity index (χ1) is 50.7. The van der Waals surface area contributed by atoms with Gasteiger partial charge in [-0.05, 0) is 103 Å². The summed E-state index contributed by atoms with van der Waals surface area (Å²) in [6, 6.07) is 94.7. The van der Waals surface area contributed by atoms with Crippen LogP contribution in [-0.2, 0) is 0 Å². The minimum atomic E-state index is 0.500. The Hall–Kier alpha value is -7.30. The minimum absolute atomic E-state index is 0.500. The van der Waals surface area contributed by atoms with Gasteiger partial charge in [-0.1, -0.05) is 508 Å². The molecule has 9 aromatic carbocycles. The quantitative estimate of drug-likeness (QED) is 0.126. The van der Waals surface area contributed by atoms with Crippen LogP contribution in [0.2, 0.25) is 0 Å². The zero-order valence-corrected chi connectivity index (χ0v) is 75.2. The highest BCUT2D eigenvalue weighted by Crippen LogP contribution is 2.18. The molecule has 0 bridgehead atoms. The highest BCUT2D eigenvalue weighted by Gasteiger charge is 1.99. The van der Waals surface area contributed by atoms with E-state index in [9.17, 15) is 17.6 Å². The number of alkyl halides is 4. The molecular weight excluding hydrogens is 1290 g/mol. The summed E-state index contributed by atoms with van der Waals surface area (Å²) in [6.07, 6.45) is 0. The van der Waals surface area contributed by atoms with Crippen LogP contribution in [0.3, 0.4) is 0 Å². The fraction of sp³-hybridized carbons (Fsp3) is 0.465. The zero-order valence-electron chi connectivity index (χ0n) is 75.2. The van der Waals surface area contributed by atoms with Crippen molar-refractivity contribution in [3.63, 3.8) is 0 Å². The van der Waals surface area contributed by atoms with E-state index in [2.05, 4.69) is 343 Å². The molecule has 105 heavy (non-hydrogen) atoms. The molecule has 9 rings (SSSR count).